The largest absolute Gasteiger partial charge is 3.00 e. The molecule has 0 aliphatic carbocycles. The van der Waals surface area contributed by atoms with E-state index in [1.165, 1.54) is 83.4 Å². The van der Waals surface area contributed by atoms with Crippen molar-refractivity contribution >= 4 is 248 Å². The van der Waals surface area contributed by atoms with E-state index in [0.29, 0.717) is 30.8 Å². The van der Waals surface area contributed by atoms with E-state index in [1.807, 2.05) is 146 Å². The molecule has 6 aromatic heterocycles. The van der Waals surface area contributed by atoms with Gasteiger partial charge in [0.2, 0.25) is 30.8 Å². The van der Waals surface area contributed by atoms with Crippen LogP contribution in [0.25, 0.3) is 61.3 Å². The molecule has 0 fully saturated rings. The van der Waals surface area contributed by atoms with Crippen molar-refractivity contribution < 1.29 is 20.1 Å². The Labute approximate surface area is 485 Å². The molecule has 28 heteroatoms. The third-order valence-corrected chi connectivity index (χ3v) is 16.3. The van der Waals surface area contributed by atoms with E-state index >= 15 is 0 Å². The predicted molar refractivity (Wildman–Crippen MR) is 325 cm³/mol. The standard InChI is InChI=1S/3C15H11N5S4.Ir/c3*21-15(22)20(18-13-16-9-5-1-3-7-11(9)23-13)19-14-17-10-6-2-4-8-12(10)24-14;/h3*1-8H,(H,16,18)(H,17,19)(H,21,22);/q;;;+3/p-3. The summed E-state index contributed by atoms with van der Waals surface area (Å²) in [5.41, 5.74) is 24.3. The Bertz CT molecular complexity index is 3050. The molecule has 0 amide bonds. The molecule has 6 N–H and O–H groups in total. The maximum Gasteiger partial charge on any atom is 3.00 e. The van der Waals surface area contributed by atoms with Crippen molar-refractivity contribution in [1.29, 1.82) is 0 Å². The Kier molecular flexibility index (Phi) is 17.3. The zero-order chi connectivity index (χ0) is 49.6. The van der Waals surface area contributed by atoms with Crippen molar-refractivity contribution in [3.63, 3.8) is 0 Å². The molecule has 0 spiro atoms. The maximum atomic E-state index is 5.15. The van der Waals surface area contributed by atoms with Crippen molar-refractivity contribution in [1.82, 2.24) is 45.3 Å². The molecule has 0 bridgehead atoms. The number of benzene rings is 6. The van der Waals surface area contributed by atoms with Crippen LogP contribution < -0.4 is 32.6 Å². The number of nitrogens with one attached hydrogen (secondary N) is 6. The van der Waals surface area contributed by atoms with Crippen molar-refractivity contribution in [2.75, 3.05) is 32.6 Å². The number of hydrogen-bond donors (Lipinski definition) is 6. The first-order chi connectivity index (χ1) is 35.1. The number of thiocarbonyl (C=S) groups is 3. The van der Waals surface area contributed by atoms with Gasteiger partial charge in [0.1, 0.15) is 0 Å². The minimum atomic E-state index is 0. The molecule has 12 aromatic rings. The van der Waals surface area contributed by atoms with Crippen LogP contribution in [0, 0.1) is 0 Å². The summed E-state index contributed by atoms with van der Waals surface area (Å²) in [5, 5.41) is 8.69. The van der Waals surface area contributed by atoms with Crippen LogP contribution in [0.4, 0.5) is 30.8 Å². The van der Waals surface area contributed by atoms with Gasteiger partial charge in [-0.3, -0.25) is 32.6 Å². The van der Waals surface area contributed by atoms with E-state index < -0.39 is 0 Å². The monoisotopic (exact) mass is 1360 g/mol. The number of fused-ring (bicyclic) bond motifs is 6. The summed E-state index contributed by atoms with van der Waals surface area (Å²) < 4.78 is 7.25. The van der Waals surface area contributed by atoms with Gasteiger partial charge in [-0.1, -0.05) is 141 Å². The molecule has 366 valence electrons. The van der Waals surface area contributed by atoms with Crippen molar-refractivity contribution in [2.24, 2.45) is 0 Å². The molecule has 0 aliphatic rings. The van der Waals surface area contributed by atoms with Gasteiger partial charge in [0.25, 0.3) is 0 Å². The number of aromatic nitrogens is 6. The van der Waals surface area contributed by atoms with Crippen LogP contribution in [0.3, 0.4) is 0 Å². The number of hydrogen-bond acceptors (Lipinski definition) is 24. The summed E-state index contributed by atoms with van der Waals surface area (Å²) >= 11 is 40.1. The van der Waals surface area contributed by atoms with E-state index in [4.69, 9.17) is 74.5 Å². The molecule has 15 nitrogen and oxygen atoms in total. The summed E-state index contributed by atoms with van der Waals surface area (Å²) in [6.45, 7) is 0. The van der Waals surface area contributed by atoms with E-state index in [1.54, 1.807) is 0 Å². The average molecular weight is 1360 g/mol. The van der Waals surface area contributed by atoms with Gasteiger partial charge in [-0.15, -0.1) is 0 Å². The van der Waals surface area contributed by atoms with Crippen molar-refractivity contribution in [3.8, 4) is 0 Å². The fraction of sp³-hybridized carbons (Fsp3) is 0. The van der Waals surface area contributed by atoms with Crippen molar-refractivity contribution in [3.05, 3.63) is 146 Å². The van der Waals surface area contributed by atoms with Crippen LogP contribution in [0.2, 0.25) is 0 Å². The molecule has 12 rings (SSSR count). The predicted octanol–water partition coefficient (Wildman–Crippen LogP) is 13.2. The molecule has 73 heavy (non-hydrogen) atoms. The molecule has 0 aliphatic heterocycles. The number of anilines is 6. The number of rotatable bonds is 12. The second-order valence-corrected chi connectivity index (χ2v) is 23.7. The zero-order valence-corrected chi connectivity index (χ0v) is 48.8. The van der Waals surface area contributed by atoms with Crippen LogP contribution in [-0.2, 0) is 58.0 Å². The van der Waals surface area contributed by atoms with Crippen LogP contribution in [-0.4, -0.2) is 58.2 Å². The first-order valence-corrected chi connectivity index (χ1v) is 28.2. The third kappa shape index (κ3) is 13.2. The minimum Gasteiger partial charge on any atom is -0.407 e. The number of nitrogens with zero attached hydrogens (tertiary/aromatic N) is 9. The summed E-state index contributed by atoms with van der Waals surface area (Å²) in [7, 11) is 0. The fourth-order valence-electron chi connectivity index (χ4n) is 6.45. The summed E-state index contributed by atoms with van der Waals surface area (Å²) in [6, 6.07) is 47.6. The minimum absolute atomic E-state index is 0. The van der Waals surface area contributed by atoms with E-state index in [-0.39, 0.29) is 33.1 Å². The molecular weight excluding hydrogens is 1330 g/mol. The summed E-state index contributed by atoms with van der Waals surface area (Å²) in [6.07, 6.45) is 0. The van der Waals surface area contributed by atoms with E-state index in [2.05, 4.69) is 62.5 Å². The second kappa shape index (κ2) is 24.2. The Morgan fingerprint density at radius 3 is 0.589 bits per heavy atom. The molecule has 6 heterocycles. The maximum absolute atomic E-state index is 5.15. The first kappa shape index (κ1) is 52.3. The molecule has 0 atom stereocenters. The molecule has 0 radical (unpaired) electrons. The van der Waals surface area contributed by atoms with Gasteiger partial charge in [-0.2, -0.15) is 0 Å². The normalized spacial score (nSPS) is 10.7. The smallest absolute Gasteiger partial charge is 0.407 e. The molecule has 0 saturated heterocycles. The molecule has 0 unspecified atom stereocenters. The molecule has 6 aromatic carbocycles. The SMILES string of the molecule is S=C([S-])N(Nc1nc2ccccc2s1)Nc1nc2ccccc2s1.S=C([S-])N(Nc1nc2ccccc2s1)Nc1nc2ccccc2s1.S=C([S-])N(Nc1nc2ccccc2s1)Nc1nc2ccccc2s1.[Ir+3]. The topological polar surface area (TPSA) is 159 Å². The number of hydrazine groups is 6. The van der Waals surface area contributed by atoms with Gasteiger partial charge in [-0.25, -0.2) is 45.3 Å². The Morgan fingerprint density at radius 2 is 0.452 bits per heavy atom. The van der Waals surface area contributed by atoms with Gasteiger partial charge < -0.3 is 74.5 Å². The van der Waals surface area contributed by atoms with Gasteiger partial charge in [0, 0.05) is 0 Å². The van der Waals surface area contributed by atoms with Gasteiger partial charge >= 0.3 is 20.1 Å². The second-order valence-electron chi connectivity index (χ2n) is 14.4. The number of thiazole rings is 6. The van der Waals surface area contributed by atoms with E-state index in [0.717, 1.165) is 61.3 Å². The van der Waals surface area contributed by atoms with Crippen LogP contribution in [0.15, 0.2) is 146 Å². The van der Waals surface area contributed by atoms with E-state index in [9.17, 15) is 0 Å². The zero-order valence-electron chi connectivity index (χ0n) is 36.6. The molecule has 0 saturated carbocycles. The van der Waals surface area contributed by atoms with Crippen LogP contribution >= 0.6 is 105 Å². The van der Waals surface area contributed by atoms with Gasteiger partial charge in [0.05, 0.1) is 61.3 Å². The Hall–Kier alpha value is -5.56. The number of para-hydroxylation sites is 6. The van der Waals surface area contributed by atoms with Gasteiger partial charge in [0.15, 0.2) is 0 Å². The third-order valence-electron chi connectivity index (χ3n) is 9.56. The van der Waals surface area contributed by atoms with Crippen LogP contribution in [0.1, 0.15) is 0 Å². The molecular formula is C45H30IrN15S12. The summed E-state index contributed by atoms with van der Waals surface area (Å²) in [4.78, 5) is 27.1. The Morgan fingerprint density at radius 1 is 0.301 bits per heavy atom. The fourth-order valence-corrected chi connectivity index (χ4v) is 12.1. The van der Waals surface area contributed by atoms with Crippen LogP contribution in [0.5, 0.6) is 0 Å². The average Bonchev–Trinajstić information content (AvgIpc) is 4.25. The summed E-state index contributed by atoms with van der Waals surface area (Å²) in [5.74, 6) is 0. The quantitative estimate of drug-likeness (QED) is 0.0389. The first-order valence-electron chi connectivity index (χ1n) is 20.8. The van der Waals surface area contributed by atoms with Crippen molar-refractivity contribution in [2.45, 2.75) is 0 Å². The Balaban J connectivity index is 0.000000134. The van der Waals surface area contributed by atoms with Gasteiger partial charge in [-0.05, 0) is 85.8 Å².